The number of hydrogen-bond acceptors (Lipinski definition) is 2. The van der Waals surface area contributed by atoms with Crippen LogP contribution in [0.15, 0.2) is 0 Å². The van der Waals surface area contributed by atoms with E-state index in [1.165, 1.54) is 12.8 Å². The molecule has 0 aromatic heterocycles. The molecule has 12 heavy (non-hydrogen) atoms. The maximum Gasteiger partial charge on any atom is 0.140 e. The van der Waals surface area contributed by atoms with Crippen LogP contribution in [0.25, 0.3) is 0 Å². The van der Waals surface area contributed by atoms with E-state index >= 15 is 0 Å². The zero-order valence-electron chi connectivity index (χ0n) is 7.21. The van der Waals surface area contributed by atoms with Crippen molar-refractivity contribution in [3.8, 4) is 0 Å². The second-order valence-corrected chi connectivity index (χ2v) is 4.21. The second-order valence-electron chi connectivity index (χ2n) is 4.21. The van der Waals surface area contributed by atoms with Crippen LogP contribution in [-0.2, 0) is 9.59 Å². The summed E-state index contributed by atoms with van der Waals surface area (Å²) in [6, 6.07) is 0. The Morgan fingerprint density at radius 1 is 1.00 bits per heavy atom. The third-order valence-corrected chi connectivity index (χ3v) is 2.79. The van der Waals surface area contributed by atoms with E-state index in [2.05, 4.69) is 0 Å². The molecule has 2 aliphatic rings. The molecule has 0 aliphatic heterocycles. The molecule has 0 radical (unpaired) electrons. The van der Waals surface area contributed by atoms with Gasteiger partial charge in [-0.05, 0) is 18.3 Å². The summed E-state index contributed by atoms with van der Waals surface area (Å²) < 4.78 is 0. The molecule has 0 amide bonds. The molecule has 2 nitrogen and oxygen atoms in total. The topological polar surface area (TPSA) is 34.1 Å². The Hall–Kier alpha value is -0.660. The minimum atomic E-state index is 0.164. The fourth-order valence-electron chi connectivity index (χ4n) is 2.07. The molecule has 0 saturated heterocycles. The Kier molecular flexibility index (Phi) is 1.99. The summed E-state index contributed by atoms with van der Waals surface area (Å²) in [4.78, 5) is 22.1. The third-order valence-electron chi connectivity index (χ3n) is 2.79. The fourth-order valence-corrected chi connectivity index (χ4v) is 2.07. The van der Waals surface area contributed by atoms with Crippen LogP contribution in [0.1, 0.15) is 38.5 Å². The van der Waals surface area contributed by atoms with Crippen molar-refractivity contribution in [1.29, 1.82) is 0 Å². The number of carbonyl (C=O) groups is 2. The van der Waals surface area contributed by atoms with Gasteiger partial charge in [0.15, 0.2) is 0 Å². The molecule has 0 N–H and O–H groups in total. The Balaban J connectivity index is 1.87. The van der Waals surface area contributed by atoms with Gasteiger partial charge < -0.3 is 0 Å². The highest BCUT2D eigenvalue weighted by molar-refractivity contribution is 6.01. The quantitative estimate of drug-likeness (QED) is 0.585. The highest BCUT2D eigenvalue weighted by Gasteiger charge is 2.31. The van der Waals surface area contributed by atoms with E-state index in [-0.39, 0.29) is 18.0 Å². The molecule has 0 heterocycles. The van der Waals surface area contributed by atoms with Crippen LogP contribution in [0.2, 0.25) is 0 Å². The van der Waals surface area contributed by atoms with Crippen molar-refractivity contribution in [2.24, 2.45) is 11.8 Å². The molecule has 2 aliphatic carbocycles. The lowest BCUT2D eigenvalue weighted by Gasteiger charge is -2.19. The summed E-state index contributed by atoms with van der Waals surface area (Å²) in [6.45, 7) is 0. The maximum absolute atomic E-state index is 11.1. The van der Waals surface area contributed by atoms with Crippen LogP contribution >= 0.6 is 0 Å². The Morgan fingerprint density at radius 2 is 1.58 bits per heavy atom. The molecule has 0 spiro atoms. The van der Waals surface area contributed by atoms with Gasteiger partial charge in [-0.3, -0.25) is 9.59 Å². The number of hydrogen-bond donors (Lipinski definition) is 0. The van der Waals surface area contributed by atoms with Crippen LogP contribution in [0.3, 0.4) is 0 Å². The standard InChI is InChI=1S/C10H14O2/c11-9-4-8(3-7-1-2-7)5-10(12)6-9/h7-8H,1-6H2. The largest absolute Gasteiger partial charge is 0.299 e. The van der Waals surface area contributed by atoms with Gasteiger partial charge in [0.25, 0.3) is 0 Å². The fraction of sp³-hybridized carbons (Fsp3) is 0.800. The van der Waals surface area contributed by atoms with Crippen LogP contribution in [-0.4, -0.2) is 11.6 Å². The first-order valence-electron chi connectivity index (χ1n) is 4.77. The first-order chi connectivity index (χ1) is 5.74. The van der Waals surface area contributed by atoms with Crippen molar-refractivity contribution in [3.05, 3.63) is 0 Å². The second kappa shape index (κ2) is 3.00. The van der Waals surface area contributed by atoms with E-state index in [1.54, 1.807) is 0 Å². The van der Waals surface area contributed by atoms with Gasteiger partial charge >= 0.3 is 0 Å². The normalized spacial score (nSPS) is 26.3. The van der Waals surface area contributed by atoms with Gasteiger partial charge in [-0.2, -0.15) is 0 Å². The monoisotopic (exact) mass is 166 g/mol. The van der Waals surface area contributed by atoms with E-state index in [4.69, 9.17) is 0 Å². The SMILES string of the molecule is O=C1CC(=O)CC(CC2CC2)C1. The van der Waals surface area contributed by atoms with Crippen molar-refractivity contribution in [1.82, 2.24) is 0 Å². The first kappa shape index (κ1) is 7.96. The maximum atomic E-state index is 11.1. The van der Waals surface area contributed by atoms with E-state index in [0.717, 1.165) is 12.3 Å². The van der Waals surface area contributed by atoms with Crippen molar-refractivity contribution >= 4 is 11.6 Å². The lowest BCUT2D eigenvalue weighted by molar-refractivity contribution is -0.131. The van der Waals surface area contributed by atoms with Gasteiger partial charge in [-0.25, -0.2) is 0 Å². The summed E-state index contributed by atoms with van der Waals surface area (Å²) in [5, 5.41) is 0. The Morgan fingerprint density at radius 3 is 2.08 bits per heavy atom. The average Bonchev–Trinajstić information content (AvgIpc) is 2.68. The Bertz CT molecular complexity index is 200. The molecule has 66 valence electrons. The van der Waals surface area contributed by atoms with E-state index in [1.807, 2.05) is 0 Å². The van der Waals surface area contributed by atoms with Crippen molar-refractivity contribution in [2.75, 3.05) is 0 Å². The van der Waals surface area contributed by atoms with Gasteiger partial charge in [-0.15, -0.1) is 0 Å². The van der Waals surface area contributed by atoms with Crippen LogP contribution in [0.5, 0.6) is 0 Å². The number of carbonyl (C=O) groups excluding carboxylic acids is 2. The molecule has 2 saturated carbocycles. The van der Waals surface area contributed by atoms with Crippen LogP contribution < -0.4 is 0 Å². The summed E-state index contributed by atoms with van der Waals surface area (Å²) in [7, 11) is 0. The average molecular weight is 166 g/mol. The zero-order valence-corrected chi connectivity index (χ0v) is 7.21. The number of rotatable bonds is 2. The predicted molar refractivity (Wildman–Crippen MR) is 44.7 cm³/mol. The van der Waals surface area contributed by atoms with Gasteiger partial charge in [0.2, 0.25) is 0 Å². The molecule has 0 bridgehead atoms. The molecule has 2 heteroatoms. The summed E-state index contributed by atoms with van der Waals surface area (Å²) in [5.41, 5.74) is 0. The van der Waals surface area contributed by atoms with Gasteiger partial charge in [-0.1, -0.05) is 12.8 Å². The number of Topliss-reactive ketones (excluding diaryl/α,β-unsaturated/α-hetero) is 2. The molecular weight excluding hydrogens is 152 g/mol. The van der Waals surface area contributed by atoms with Crippen LogP contribution in [0, 0.1) is 11.8 Å². The molecule has 0 atom stereocenters. The summed E-state index contributed by atoms with van der Waals surface area (Å²) in [5.74, 6) is 1.56. The molecular formula is C10H14O2. The van der Waals surface area contributed by atoms with Crippen molar-refractivity contribution in [3.63, 3.8) is 0 Å². The minimum Gasteiger partial charge on any atom is -0.299 e. The van der Waals surface area contributed by atoms with Crippen molar-refractivity contribution < 1.29 is 9.59 Å². The highest BCUT2D eigenvalue weighted by Crippen LogP contribution is 2.38. The molecule has 2 rings (SSSR count). The lowest BCUT2D eigenvalue weighted by atomic mass is 9.84. The van der Waals surface area contributed by atoms with E-state index in [9.17, 15) is 9.59 Å². The smallest absolute Gasteiger partial charge is 0.140 e. The lowest BCUT2D eigenvalue weighted by Crippen LogP contribution is -2.22. The Labute approximate surface area is 72.3 Å². The molecule has 0 aromatic carbocycles. The molecule has 0 aromatic rings. The van der Waals surface area contributed by atoms with Crippen LogP contribution in [0.4, 0.5) is 0 Å². The zero-order chi connectivity index (χ0) is 8.55. The third kappa shape index (κ3) is 1.93. The van der Waals surface area contributed by atoms with Gasteiger partial charge in [0.1, 0.15) is 11.6 Å². The van der Waals surface area contributed by atoms with Gasteiger partial charge in [0, 0.05) is 12.8 Å². The molecule has 2 fully saturated rings. The van der Waals surface area contributed by atoms with Crippen molar-refractivity contribution in [2.45, 2.75) is 38.5 Å². The molecule has 0 unspecified atom stereocenters. The summed E-state index contributed by atoms with van der Waals surface area (Å²) in [6.07, 6.45) is 5.31. The van der Waals surface area contributed by atoms with E-state index in [0.29, 0.717) is 18.8 Å². The highest BCUT2D eigenvalue weighted by atomic mass is 16.1. The van der Waals surface area contributed by atoms with E-state index < -0.39 is 0 Å². The predicted octanol–water partition coefficient (Wildman–Crippen LogP) is 1.72. The summed E-state index contributed by atoms with van der Waals surface area (Å²) >= 11 is 0. The number of ketones is 2. The van der Waals surface area contributed by atoms with Gasteiger partial charge in [0.05, 0.1) is 6.42 Å². The minimum absolute atomic E-state index is 0.164. The first-order valence-corrected chi connectivity index (χ1v) is 4.77.